The highest BCUT2D eigenvalue weighted by Crippen LogP contribution is 2.28. The molecule has 2 aromatic carbocycles. The molecule has 114 valence electrons. The highest BCUT2D eigenvalue weighted by molar-refractivity contribution is 7.98. The van der Waals surface area contributed by atoms with Crippen LogP contribution >= 0.6 is 23.1 Å². The van der Waals surface area contributed by atoms with Crippen LogP contribution < -0.4 is 5.84 Å². The molecule has 0 saturated heterocycles. The molecular formula is C16H13N5S2. The monoisotopic (exact) mass is 339 g/mol. The molecule has 0 spiro atoms. The lowest BCUT2D eigenvalue weighted by molar-refractivity contribution is 0.849. The molecule has 0 amide bonds. The Morgan fingerprint density at radius 3 is 2.61 bits per heavy atom. The van der Waals surface area contributed by atoms with Crippen molar-refractivity contribution in [3.8, 4) is 11.4 Å². The van der Waals surface area contributed by atoms with Gasteiger partial charge >= 0.3 is 0 Å². The number of hydrogen-bond acceptors (Lipinski definition) is 6. The zero-order chi connectivity index (χ0) is 15.6. The minimum absolute atomic E-state index is 0.664. The maximum Gasteiger partial charge on any atom is 0.210 e. The fraction of sp³-hybridized carbons (Fsp3) is 0.0625. The molecule has 4 aromatic rings. The number of thioether (sulfide) groups is 1. The van der Waals surface area contributed by atoms with E-state index in [1.807, 2.05) is 48.5 Å². The predicted molar refractivity (Wildman–Crippen MR) is 94.8 cm³/mol. The minimum Gasteiger partial charge on any atom is -0.335 e. The van der Waals surface area contributed by atoms with Gasteiger partial charge in [0.1, 0.15) is 5.01 Å². The second kappa shape index (κ2) is 6.02. The summed E-state index contributed by atoms with van der Waals surface area (Å²) in [5, 5.41) is 10.1. The summed E-state index contributed by atoms with van der Waals surface area (Å²) in [7, 11) is 0. The molecule has 2 aromatic heterocycles. The summed E-state index contributed by atoms with van der Waals surface area (Å²) in [6.07, 6.45) is 0. The van der Waals surface area contributed by atoms with Gasteiger partial charge in [-0.1, -0.05) is 54.2 Å². The van der Waals surface area contributed by atoms with E-state index in [9.17, 15) is 0 Å². The minimum atomic E-state index is 0.664. The van der Waals surface area contributed by atoms with E-state index in [1.165, 1.54) is 9.38 Å². The fourth-order valence-corrected chi connectivity index (χ4v) is 4.08. The molecule has 5 nitrogen and oxygen atoms in total. The van der Waals surface area contributed by atoms with Gasteiger partial charge in [0.15, 0.2) is 5.82 Å². The second-order valence-corrected chi connectivity index (χ2v) is 6.96. The van der Waals surface area contributed by atoms with Crippen molar-refractivity contribution in [1.82, 2.24) is 19.9 Å². The van der Waals surface area contributed by atoms with E-state index in [1.54, 1.807) is 23.1 Å². The van der Waals surface area contributed by atoms with Crippen molar-refractivity contribution in [2.75, 3.05) is 5.84 Å². The van der Waals surface area contributed by atoms with E-state index in [2.05, 4.69) is 21.2 Å². The number of benzene rings is 2. The van der Waals surface area contributed by atoms with Gasteiger partial charge < -0.3 is 5.84 Å². The number of aromatic nitrogens is 4. The second-order valence-electron chi connectivity index (χ2n) is 4.91. The molecule has 2 N–H and O–H groups in total. The van der Waals surface area contributed by atoms with E-state index in [-0.39, 0.29) is 0 Å². The van der Waals surface area contributed by atoms with Gasteiger partial charge in [0.25, 0.3) is 0 Å². The Morgan fingerprint density at radius 2 is 1.78 bits per heavy atom. The normalized spacial score (nSPS) is 11.1. The SMILES string of the molecule is Nn1c(SCc2nc3ccccc3s2)nnc1-c1ccccc1. The maximum atomic E-state index is 6.13. The number of hydrogen-bond donors (Lipinski definition) is 1. The van der Waals surface area contributed by atoms with Crippen molar-refractivity contribution < 1.29 is 0 Å². The summed E-state index contributed by atoms with van der Waals surface area (Å²) in [6.45, 7) is 0. The van der Waals surface area contributed by atoms with Gasteiger partial charge in [-0.25, -0.2) is 9.66 Å². The van der Waals surface area contributed by atoms with Crippen LogP contribution in [0, 0.1) is 0 Å². The van der Waals surface area contributed by atoms with Crippen LogP contribution in [0.25, 0.3) is 21.6 Å². The van der Waals surface area contributed by atoms with Crippen LogP contribution in [0.1, 0.15) is 5.01 Å². The van der Waals surface area contributed by atoms with Crippen LogP contribution in [0.4, 0.5) is 0 Å². The molecule has 0 saturated carbocycles. The molecule has 23 heavy (non-hydrogen) atoms. The predicted octanol–water partition coefficient (Wildman–Crippen LogP) is 3.56. The van der Waals surface area contributed by atoms with Crippen LogP contribution in [0.2, 0.25) is 0 Å². The van der Waals surface area contributed by atoms with Crippen LogP contribution in [0.15, 0.2) is 59.8 Å². The van der Waals surface area contributed by atoms with Crippen molar-refractivity contribution in [1.29, 1.82) is 0 Å². The Morgan fingerprint density at radius 1 is 1.00 bits per heavy atom. The highest BCUT2D eigenvalue weighted by Gasteiger charge is 2.13. The summed E-state index contributed by atoms with van der Waals surface area (Å²) < 4.78 is 2.73. The van der Waals surface area contributed by atoms with Crippen molar-refractivity contribution in [3.63, 3.8) is 0 Å². The summed E-state index contributed by atoms with van der Waals surface area (Å²) in [6, 6.07) is 17.9. The standard InChI is InChI=1S/C16H13N5S2/c17-21-15(11-6-2-1-3-7-11)19-20-16(21)22-10-14-18-12-8-4-5-9-13(12)23-14/h1-9H,10,17H2. The number of nitrogens with zero attached hydrogens (tertiary/aromatic N) is 4. The third-order valence-electron chi connectivity index (χ3n) is 3.36. The fourth-order valence-electron chi connectivity index (χ4n) is 2.27. The third kappa shape index (κ3) is 2.80. The zero-order valence-electron chi connectivity index (χ0n) is 12.1. The third-order valence-corrected chi connectivity index (χ3v) is 5.53. The molecule has 0 fully saturated rings. The van der Waals surface area contributed by atoms with Gasteiger partial charge in [0, 0.05) is 5.56 Å². The summed E-state index contributed by atoms with van der Waals surface area (Å²) in [4.78, 5) is 4.62. The van der Waals surface area contributed by atoms with Crippen LogP contribution in [0.3, 0.4) is 0 Å². The topological polar surface area (TPSA) is 69.6 Å². The molecule has 0 bridgehead atoms. The zero-order valence-corrected chi connectivity index (χ0v) is 13.7. The first-order chi connectivity index (χ1) is 11.3. The lowest BCUT2D eigenvalue weighted by atomic mass is 10.2. The van der Waals surface area contributed by atoms with Crippen molar-refractivity contribution >= 4 is 33.3 Å². The molecule has 0 radical (unpaired) electrons. The summed E-state index contributed by atoms with van der Waals surface area (Å²) >= 11 is 3.24. The summed E-state index contributed by atoms with van der Waals surface area (Å²) in [5.41, 5.74) is 1.99. The van der Waals surface area contributed by atoms with E-state index >= 15 is 0 Å². The lowest BCUT2D eigenvalue weighted by Crippen LogP contribution is -2.11. The van der Waals surface area contributed by atoms with Crippen LogP contribution in [-0.4, -0.2) is 19.9 Å². The van der Waals surface area contributed by atoms with E-state index < -0.39 is 0 Å². The first-order valence-corrected chi connectivity index (χ1v) is 8.84. The first-order valence-electron chi connectivity index (χ1n) is 7.04. The molecule has 0 unspecified atom stereocenters. The van der Waals surface area contributed by atoms with E-state index in [0.717, 1.165) is 21.8 Å². The van der Waals surface area contributed by atoms with Crippen molar-refractivity contribution in [2.24, 2.45) is 0 Å². The Hall–Kier alpha value is -2.38. The molecule has 0 atom stereocenters. The molecule has 0 aliphatic carbocycles. The molecule has 7 heteroatoms. The molecule has 0 aliphatic heterocycles. The smallest absolute Gasteiger partial charge is 0.210 e. The van der Waals surface area contributed by atoms with Crippen molar-refractivity contribution in [2.45, 2.75) is 10.9 Å². The summed E-state index contributed by atoms with van der Waals surface area (Å²) in [5.74, 6) is 7.52. The number of nitrogens with two attached hydrogens (primary N) is 1. The molecular weight excluding hydrogens is 326 g/mol. The average Bonchev–Trinajstić information content (AvgIpc) is 3.17. The highest BCUT2D eigenvalue weighted by atomic mass is 32.2. The number of rotatable bonds is 4. The number of para-hydroxylation sites is 1. The Labute approximate surface area is 141 Å². The van der Waals surface area contributed by atoms with Gasteiger partial charge in [-0.2, -0.15) is 0 Å². The number of nitrogen functional groups attached to an aromatic ring is 1. The van der Waals surface area contributed by atoms with Crippen LogP contribution in [-0.2, 0) is 5.75 Å². The van der Waals surface area contributed by atoms with Crippen molar-refractivity contribution in [3.05, 3.63) is 59.6 Å². The Balaban J connectivity index is 1.54. The molecule has 2 heterocycles. The van der Waals surface area contributed by atoms with Gasteiger partial charge in [-0.05, 0) is 12.1 Å². The van der Waals surface area contributed by atoms with Gasteiger partial charge in [-0.3, -0.25) is 0 Å². The number of thiazole rings is 1. The van der Waals surface area contributed by atoms with Gasteiger partial charge in [-0.15, -0.1) is 21.5 Å². The van der Waals surface area contributed by atoms with Gasteiger partial charge in [0.2, 0.25) is 5.16 Å². The molecule has 0 aliphatic rings. The van der Waals surface area contributed by atoms with E-state index in [0.29, 0.717) is 11.0 Å². The Bertz CT molecular complexity index is 912. The quantitative estimate of drug-likeness (QED) is 0.455. The van der Waals surface area contributed by atoms with Gasteiger partial charge in [0.05, 0.1) is 16.0 Å². The van der Waals surface area contributed by atoms with Crippen LogP contribution in [0.5, 0.6) is 0 Å². The Kier molecular flexibility index (Phi) is 3.72. The first kappa shape index (κ1) is 14.2. The molecule has 4 rings (SSSR count). The number of fused-ring (bicyclic) bond motifs is 1. The lowest BCUT2D eigenvalue weighted by Gasteiger charge is -2.02. The average molecular weight is 339 g/mol. The van der Waals surface area contributed by atoms with E-state index in [4.69, 9.17) is 5.84 Å². The largest absolute Gasteiger partial charge is 0.335 e. The maximum absolute atomic E-state index is 6.13.